The van der Waals surface area contributed by atoms with Gasteiger partial charge in [0.2, 0.25) is 0 Å². The van der Waals surface area contributed by atoms with E-state index in [9.17, 15) is 0 Å². The molecule has 4 nitrogen and oxygen atoms in total. The van der Waals surface area contributed by atoms with Gasteiger partial charge in [-0.25, -0.2) is 0 Å². The van der Waals surface area contributed by atoms with E-state index in [2.05, 4.69) is 59.4 Å². The zero-order valence-electron chi connectivity index (χ0n) is 15.2. The third-order valence-electron chi connectivity index (χ3n) is 5.22. The van der Waals surface area contributed by atoms with Gasteiger partial charge in [0.05, 0.1) is 13.2 Å². The van der Waals surface area contributed by atoms with Crippen molar-refractivity contribution in [2.24, 2.45) is 0 Å². The molecule has 0 aliphatic carbocycles. The van der Waals surface area contributed by atoms with Gasteiger partial charge in [0, 0.05) is 57.6 Å². The van der Waals surface area contributed by atoms with Crippen LogP contribution >= 0.6 is 0 Å². The van der Waals surface area contributed by atoms with Crippen LogP contribution in [0.2, 0.25) is 0 Å². The Labute approximate surface area is 146 Å². The maximum absolute atomic E-state index is 5.42. The minimum Gasteiger partial charge on any atom is -0.379 e. The lowest BCUT2D eigenvalue weighted by molar-refractivity contribution is 0.0342. The quantitative estimate of drug-likeness (QED) is 0.826. The number of ether oxygens (including phenoxy) is 1. The Morgan fingerprint density at radius 2 is 1.62 bits per heavy atom. The Morgan fingerprint density at radius 1 is 1.00 bits per heavy atom. The average molecular weight is 329 g/mol. The zero-order chi connectivity index (χ0) is 16.9. The van der Waals surface area contributed by atoms with E-state index in [1.165, 1.54) is 11.1 Å². The molecule has 0 bridgehead atoms. The molecule has 2 heterocycles. The number of rotatable bonds is 5. The van der Waals surface area contributed by atoms with Crippen molar-refractivity contribution >= 4 is 5.70 Å². The molecule has 0 saturated carbocycles. The van der Waals surface area contributed by atoms with Gasteiger partial charge in [0.1, 0.15) is 0 Å². The second kappa shape index (κ2) is 8.15. The van der Waals surface area contributed by atoms with Crippen molar-refractivity contribution in [1.82, 2.24) is 14.7 Å². The highest BCUT2D eigenvalue weighted by atomic mass is 16.5. The smallest absolute Gasteiger partial charge is 0.0594 e. The zero-order valence-corrected chi connectivity index (χ0v) is 15.2. The Morgan fingerprint density at radius 3 is 2.21 bits per heavy atom. The third-order valence-corrected chi connectivity index (χ3v) is 5.22. The molecule has 2 aliphatic rings. The number of hydrogen-bond donors (Lipinski definition) is 0. The summed E-state index contributed by atoms with van der Waals surface area (Å²) in [6, 6.07) is 9.60. The minimum absolute atomic E-state index is 0.639. The van der Waals surface area contributed by atoms with Crippen LogP contribution in [0.4, 0.5) is 0 Å². The average Bonchev–Trinajstić information content (AvgIpc) is 2.63. The Balaban J connectivity index is 1.54. The fourth-order valence-corrected chi connectivity index (χ4v) is 3.51. The van der Waals surface area contributed by atoms with E-state index < -0.39 is 0 Å². The summed E-state index contributed by atoms with van der Waals surface area (Å²) < 4.78 is 5.42. The molecule has 2 fully saturated rings. The van der Waals surface area contributed by atoms with E-state index in [1.54, 1.807) is 0 Å². The summed E-state index contributed by atoms with van der Waals surface area (Å²) in [7, 11) is 0. The third kappa shape index (κ3) is 4.38. The van der Waals surface area contributed by atoms with Gasteiger partial charge in [0.15, 0.2) is 0 Å². The van der Waals surface area contributed by atoms with Crippen LogP contribution in [-0.4, -0.2) is 73.2 Å². The van der Waals surface area contributed by atoms with Crippen molar-refractivity contribution in [1.29, 1.82) is 0 Å². The maximum atomic E-state index is 5.42. The molecule has 0 unspecified atom stereocenters. The number of piperazine rings is 1. The maximum Gasteiger partial charge on any atom is 0.0594 e. The molecule has 3 rings (SSSR count). The van der Waals surface area contributed by atoms with Crippen LogP contribution in [0.5, 0.6) is 0 Å². The predicted molar refractivity (Wildman–Crippen MR) is 99.9 cm³/mol. The van der Waals surface area contributed by atoms with Gasteiger partial charge in [-0.2, -0.15) is 0 Å². The van der Waals surface area contributed by atoms with E-state index in [0.29, 0.717) is 6.04 Å². The highest BCUT2D eigenvalue weighted by Crippen LogP contribution is 2.21. The first-order chi connectivity index (χ1) is 11.6. The van der Waals surface area contributed by atoms with Crippen molar-refractivity contribution in [2.75, 3.05) is 52.5 Å². The Hall–Kier alpha value is -1.36. The highest BCUT2D eigenvalue weighted by molar-refractivity contribution is 5.62. The lowest BCUT2D eigenvalue weighted by atomic mass is 10.1. The van der Waals surface area contributed by atoms with Crippen LogP contribution in [0.15, 0.2) is 30.8 Å². The summed E-state index contributed by atoms with van der Waals surface area (Å²) >= 11 is 0. The van der Waals surface area contributed by atoms with Gasteiger partial charge < -0.3 is 9.64 Å². The fraction of sp³-hybridized carbons (Fsp3) is 0.600. The lowest BCUT2D eigenvalue weighted by Crippen LogP contribution is -2.47. The first-order valence-corrected chi connectivity index (χ1v) is 9.21. The predicted octanol–water partition coefficient (Wildman–Crippen LogP) is 2.52. The summed E-state index contributed by atoms with van der Waals surface area (Å²) in [5.74, 6) is 0. The monoisotopic (exact) mass is 329 g/mol. The van der Waals surface area contributed by atoms with Crippen molar-refractivity contribution in [3.8, 4) is 0 Å². The fourth-order valence-electron chi connectivity index (χ4n) is 3.51. The van der Waals surface area contributed by atoms with Crippen LogP contribution in [0.1, 0.15) is 25.0 Å². The van der Waals surface area contributed by atoms with E-state index in [4.69, 9.17) is 4.74 Å². The molecule has 0 spiro atoms. The van der Waals surface area contributed by atoms with Gasteiger partial charge in [-0.05, 0) is 25.0 Å². The molecular formula is C20H31N3O. The van der Waals surface area contributed by atoms with Gasteiger partial charge >= 0.3 is 0 Å². The van der Waals surface area contributed by atoms with Gasteiger partial charge in [-0.15, -0.1) is 0 Å². The first kappa shape index (κ1) is 17.5. The molecule has 0 atom stereocenters. The van der Waals surface area contributed by atoms with E-state index in [1.807, 2.05) is 0 Å². The molecule has 0 radical (unpaired) electrons. The van der Waals surface area contributed by atoms with Crippen LogP contribution in [-0.2, 0) is 11.3 Å². The van der Waals surface area contributed by atoms with Gasteiger partial charge in [-0.3, -0.25) is 9.80 Å². The van der Waals surface area contributed by atoms with E-state index in [-0.39, 0.29) is 0 Å². The number of nitrogens with zero attached hydrogens (tertiary/aromatic N) is 3. The molecule has 132 valence electrons. The van der Waals surface area contributed by atoms with Crippen LogP contribution in [0.25, 0.3) is 5.70 Å². The molecule has 0 aromatic heterocycles. The van der Waals surface area contributed by atoms with Crippen molar-refractivity contribution in [3.05, 3.63) is 42.0 Å². The molecule has 4 heteroatoms. The molecule has 2 aliphatic heterocycles. The van der Waals surface area contributed by atoms with E-state index >= 15 is 0 Å². The topological polar surface area (TPSA) is 19.0 Å². The summed E-state index contributed by atoms with van der Waals surface area (Å²) in [6.45, 7) is 18.1. The second-order valence-corrected chi connectivity index (χ2v) is 7.15. The molecular weight excluding hydrogens is 298 g/mol. The number of morpholine rings is 1. The molecule has 1 aromatic rings. The normalized spacial score (nSPS) is 20.5. The molecule has 0 amide bonds. The van der Waals surface area contributed by atoms with Crippen LogP contribution < -0.4 is 0 Å². The van der Waals surface area contributed by atoms with Crippen LogP contribution in [0, 0.1) is 0 Å². The first-order valence-electron chi connectivity index (χ1n) is 9.21. The highest BCUT2D eigenvalue weighted by Gasteiger charge is 2.20. The summed E-state index contributed by atoms with van der Waals surface area (Å²) in [6.07, 6.45) is 0. The molecule has 2 saturated heterocycles. The van der Waals surface area contributed by atoms with Crippen molar-refractivity contribution < 1.29 is 4.74 Å². The Kier molecular flexibility index (Phi) is 5.93. The molecule has 24 heavy (non-hydrogen) atoms. The van der Waals surface area contributed by atoms with E-state index in [0.717, 1.165) is 64.7 Å². The minimum atomic E-state index is 0.639. The van der Waals surface area contributed by atoms with Gasteiger partial charge in [0.25, 0.3) is 0 Å². The Bertz CT molecular complexity index is 526. The number of benzene rings is 1. The second-order valence-electron chi connectivity index (χ2n) is 7.15. The molecule has 1 aromatic carbocycles. The molecule has 0 N–H and O–H groups in total. The standard InChI is InChI=1S/C20H31N3O/c1-17(2)22-8-10-23(11-9-22)18(3)20-6-4-19(5-7-20)16-21-12-14-24-15-13-21/h4-7,17H,3,8-16H2,1-2H3. The lowest BCUT2D eigenvalue weighted by Gasteiger charge is -2.39. The SMILES string of the molecule is C=C(c1ccc(CN2CCOCC2)cc1)N1CCN(C(C)C)CC1. The summed E-state index contributed by atoms with van der Waals surface area (Å²) in [5, 5.41) is 0. The van der Waals surface area contributed by atoms with Crippen molar-refractivity contribution in [3.63, 3.8) is 0 Å². The van der Waals surface area contributed by atoms with Gasteiger partial charge in [-0.1, -0.05) is 30.8 Å². The summed E-state index contributed by atoms with van der Waals surface area (Å²) in [5.41, 5.74) is 3.79. The summed E-state index contributed by atoms with van der Waals surface area (Å²) in [4.78, 5) is 7.42. The largest absolute Gasteiger partial charge is 0.379 e. The number of hydrogen-bond acceptors (Lipinski definition) is 4. The van der Waals surface area contributed by atoms with Crippen LogP contribution in [0.3, 0.4) is 0 Å². The van der Waals surface area contributed by atoms with Crippen molar-refractivity contribution in [2.45, 2.75) is 26.4 Å².